The molecule has 0 saturated heterocycles. The fraction of sp³-hybridized carbons (Fsp3) is 0.118. The second-order valence-electron chi connectivity index (χ2n) is 4.54. The molecular weight excluding hydrogens is 365 g/mol. The van der Waals surface area contributed by atoms with Crippen LogP contribution in [0.1, 0.15) is 10.4 Å². The summed E-state index contributed by atoms with van der Waals surface area (Å²) in [5.41, 5.74) is 0.724. The maximum absolute atomic E-state index is 13.6. The number of benzene rings is 2. The fourth-order valence-electron chi connectivity index (χ4n) is 1.90. The molecule has 0 aliphatic rings. The van der Waals surface area contributed by atoms with Gasteiger partial charge in [0, 0.05) is 22.3 Å². The molecule has 0 amide bonds. The number of allylic oxidation sites excluding steroid dienone is 1. The van der Waals surface area contributed by atoms with Crippen molar-refractivity contribution in [1.82, 2.24) is 0 Å². The summed E-state index contributed by atoms with van der Waals surface area (Å²) < 4.78 is 24.6. The molecule has 0 aliphatic heterocycles. The van der Waals surface area contributed by atoms with E-state index in [-0.39, 0.29) is 11.5 Å². The number of ketones is 1. The highest BCUT2D eigenvalue weighted by molar-refractivity contribution is 9.10. The topological polar surface area (TPSA) is 47.6 Å². The highest BCUT2D eigenvalue weighted by Crippen LogP contribution is 2.27. The maximum Gasteiger partial charge on any atom is 0.187 e. The Morgan fingerprint density at radius 3 is 2.52 bits per heavy atom. The number of rotatable bonds is 6. The zero-order valence-corrected chi connectivity index (χ0v) is 14.2. The lowest BCUT2D eigenvalue weighted by atomic mass is 10.1. The normalized spacial score (nSPS) is 10.6. The third kappa shape index (κ3) is 4.32. The molecule has 0 bridgehead atoms. The zero-order valence-electron chi connectivity index (χ0n) is 12.6. The lowest BCUT2D eigenvalue weighted by Gasteiger charge is -2.08. The first-order valence-corrected chi connectivity index (χ1v) is 7.49. The molecule has 0 radical (unpaired) electrons. The van der Waals surface area contributed by atoms with Gasteiger partial charge in [-0.2, -0.15) is 0 Å². The molecule has 0 saturated carbocycles. The van der Waals surface area contributed by atoms with Crippen LogP contribution in [0.3, 0.4) is 0 Å². The van der Waals surface area contributed by atoms with Crippen molar-refractivity contribution >= 4 is 27.4 Å². The van der Waals surface area contributed by atoms with Gasteiger partial charge < -0.3 is 14.8 Å². The number of anilines is 1. The molecule has 4 nitrogen and oxygen atoms in total. The smallest absolute Gasteiger partial charge is 0.187 e. The van der Waals surface area contributed by atoms with E-state index in [4.69, 9.17) is 9.47 Å². The van der Waals surface area contributed by atoms with E-state index in [2.05, 4.69) is 21.2 Å². The number of carbonyl (C=O) groups excluding carboxylic acids is 1. The van der Waals surface area contributed by atoms with Crippen LogP contribution in [0.4, 0.5) is 10.1 Å². The van der Waals surface area contributed by atoms with E-state index >= 15 is 0 Å². The highest BCUT2D eigenvalue weighted by atomic mass is 79.9. The first-order valence-electron chi connectivity index (χ1n) is 6.69. The molecular formula is C17H15BrFNO3. The van der Waals surface area contributed by atoms with Crippen molar-refractivity contribution in [2.75, 3.05) is 19.5 Å². The maximum atomic E-state index is 13.6. The Morgan fingerprint density at radius 1 is 1.13 bits per heavy atom. The SMILES string of the molecule is COc1ccc(C(=O)/C=C/Nc2ccc(Br)cc2F)cc1OC. The summed E-state index contributed by atoms with van der Waals surface area (Å²) >= 11 is 3.18. The van der Waals surface area contributed by atoms with Gasteiger partial charge in [-0.15, -0.1) is 0 Å². The van der Waals surface area contributed by atoms with Crippen LogP contribution < -0.4 is 14.8 Å². The van der Waals surface area contributed by atoms with Crippen LogP contribution in [0.15, 0.2) is 53.1 Å². The van der Waals surface area contributed by atoms with Gasteiger partial charge in [0.15, 0.2) is 17.3 Å². The third-order valence-electron chi connectivity index (χ3n) is 3.07. The van der Waals surface area contributed by atoms with Crippen LogP contribution in [0.25, 0.3) is 0 Å². The van der Waals surface area contributed by atoms with Crippen LogP contribution in [-0.4, -0.2) is 20.0 Å². The van der Waals surface area contributed by atoms with Gasteiger partial charge in [0.05, 0.1) is 19.9 Å². The predicted octanol–water partition coefficient (Wildman–Crippen LogP) is 4.41. The summed E-state index contributed by atoms with van der Waals surface area (Å²) in [7, 11) is 3.02. The molecule has 0 atom stereocenters. The number of ether oxygens (including phenoxy) is 2. The summed E-state index contributed by atoms with van der Waals surface area (Å²) in [4.78, 5) is 12.1. The van der Waals surface area contributed by atoms with Crippen molar-refractivity contribution in [1.29, 1.82) is 0 Å². The molecule has 0 spiro atoms. The zero-order chi connectivity index (χ0) is 16.8. The quantitative estimate of drug-likeness (QED) is 0.596. The van der Waals surface area contributed by atoms with Crippen molar-refractivity contribution in [3.05, 3.63) is 64.5 Å². The fourth-order valence-corrected chi connectivity index (χ4v) is 2.23. The van der Waals surface area contributed by atoms with Crippen molar-refractivity contribution in [2.45, 2.75) is 0 Å². The molecule has 120 valence electrons. The molecule has 6 heteroatoms. The second kappa shape index (κ2) is 7.78. The lowest BCUT2D eigenvalue weighted by Crippen LogP contribution is -1.99. The molecule has 0 aliphatic carbocycles. The van der Waals surface area contributed by atoms with E-state index in [9.17, 15) is 9.18 Å². The van der Waals surface area contributed by atoms with Gasteiger partial charge in [-0.05, 0) is 36.4 Å². The molecule has 0 heterocycles. The van der Waals surface area contributed by atoms with Crippen LogP contribution in [0.2, 0.25) is 0 Å². The molecule has 2 aromatic rings. The average molecular weight is 380 g/mol. The number of hydrogen-bond acceptors (Lipinski definition) is 4. The van der Waals surface area contributed by atoms with Gasteiger partial charge in [0.1, 0.15) is 5.82 Å². The number of hydrogen-bond donors (Lipinski definition) is 1. The van der Waals surface area contributed by atoms with Gasteiger partial charge in [-0.1, -0.05) is 15.9 Å². The summed E-state index contributed by atoms with van der Waals surface area (Å²) in [6, 6.07) is 9.49. The first kappa shape index (κ1) is 17.0. The Hall–Kier alpha value is -2.34. The molecule has 2 rings (SSSR count). The number of halogens is 2. The second-order valence-corrected chi connectivity index (χ2v) is 5.45. The van der Waals surface area contributed by atoms with E-state index in [0.29, 0.717) is 21.5 Å². The molecule has 2 aromatic carbocycles. The molecule has 0 fully saturated rings. The number of carbonyl (C=O) groups is 1. The number of methoxy groups -OCH3 is 2. The largest absolute Gasteiger partial charge is 0.493 e. The summed E-state index contributed by atoms with van der Waals surface area (Å²) in [5, 5.41) is 2.74. The summed E-state index contributed by atoms with van der Waals surface area (Å²) in [6.45, 7) is 0. The van der Waals surface area contributed by atoms with Crippen LogP contribution in [0.5, 0.6) is 11.5 Å². The van der Waals surface area contributed by atoms with Crippen molar-refractivity contribution in [3.63, 3.8) is 0 Å². The minimum Gasteiger partial charge on any atom is -0.493 e. The molecule has 0 aromatic heterocycles. The van der Waals surface area contributed by atoms with Gasteiger partial charge in [0.2, 0.25) is 0 Å². The molecule has 1 N–H and O–H groups in total. The van der Waals surface area contributed by atoms with Gasteiger partial charge in [0.25, 0.3) is 0 Å². The van der Waals surface area contributed by atoms with Gasteiger partial charge >= 0.3 is 0 Å². The summed E-state index contributed by atoms with van der Waals surface area (Å²) in [6.07, 6.45) is 2.72. The van der Waals surface area contributed by atoms with Crippen LogP contribution >= 0.6 is 15.9 Å². The standard InChI is InChI=1S/C17H15BrFNO3/c1-22-16-6-3-11(9-17(16)23-2)15(21)7-8-20-14-5-4-12(18)10-13(14)19/h3-10,20H,1-2H3/b8-7+. The predicted molar refractivity (Wildman–Crippen MR) is 90.7 cm³/mol. The van der Waals surface area contributed by atoms with Crippen molar-refractivity contribution < 1.29 is 18.7 Å². The average Bonchev–Trinajstić information content (AvgIpc) is 2.56. The Kier molecular flexibility index (Phi) is 5.76. The van der Waals surface area contributed by atoms with E-state index in [1.165, 1.54) is 32.6 Å². The Labute approximate surface area is 142 Å². The lowest BCUT2D eigenvalue weighted by molar-refractivity contribution is 0.104. The summed E-state index contributed by atoms with van der Waals surface area (Å²) in [5.74, 6) is 0.361. The minimum absolute atomic E-state index is 0.240. The monoisotopic (exact) mass is 379 g/mol. The Morgan fingerprint density at radius 2 is 1.87 bits per heavy atom. The van der Waals surface area contributed by atoms with Crippen molar-refractivity contribution in [3.8, 4) is 11.5 Å². The van der Waals surface area contributed by atoms with Gasteiger partial charge in [-0.25, -0.2) is 4.39 Å². The number of nitrogens with one attached hydrogen (secondary N) is 1. The Balaban J connectivity index is 2.09. The Bertz CT molecular complexity index is 747. The van der Waals surface area contributed by atoms with Crippen molar-refractivity contribution in [2.24, 2.45) is 0 Å². The van der Waals surface area contributed by atoms with Crippen LogP contribution in [-0.2, 0) is 0 Å². The third-order valence-corrected chi connectivity index (χ3v) is 3.57. The molecule has 23 heavy (non-hydrogen) atoms. The van der Waals surface area contributed by atoms with E-state index in [1.54, 1.807) is 30.3 Å². The first-order chi connectivity index (χ1) is 11.0. The van der Waals surface area contributed by atoms with Crippen LogP contribution in [0, 0.1) is 5.82 Å². The highest BCUT2D eigenvalue weighted by Gasteiger charge is 2.08. The van der Waals surface area contributed by atoms with E-state index in [1.807, 2.05) is 0 Å². The van der Waals surface area contributed by atoms with E-state index in [0.717, 1.165) is 0 Å². The minimum atomic E-state index is -0.414. The molecule has 0 unspecified atom stereocenters. The van der Waals surface area contributed by atoms with E-state index < -0.39 is 5.82 Å². The van der Waals surface area contributed by atoms with Gasteiger partial charge in [-0.3, -0.25) is 4.79 Å².